The molecule has 0 radical (unpaired) electrons. The van der Waals surface area contributed by atoms with E-state index in [9.17, 15) is 13.2 Å². The molecule has 2 aromatic rings. The predicted molar refractivity (Wildman–Crippen MR) is 122 cm³/mol. The van der Waals surface area contributed by atoms with E-state index < -0.39 is 16.1 Å². The van der Waals surface area contributed by atoms with Gasteiger partial charge in [0.05, 0.1) is 18.3 Å². The number of carbonyl (C=O) groups excluding carboxylic acids is 1. The zero-order chi connectivity index (χ0) is 22.7. The van der Waals surface area contributed by atoms with Crippen molar-refractivity contribution in [3.8, 4) is 5.75 Å². The summed E-state index contributed by atoms with van der Waals surface area (Å²) in [7, 11) is -3.16. The van der Waals surface area contributed by atoms with Gasteiger partial charge in [-0.1, -0.05) is 25.5 Å². The highest BCUT2D eigenvalue weighted by molar-refractivity contribution is 7.89. The van der Waals surface area contributed by atoms with E-state index >= 15 is 0 Å². The minimum atomic E-state index is -3.16. The number of ether oxygens (including phenoxy) is 1. The molecule has 0 aliphatic carbocycles. The average molecular weight is 459 g/mol. The molecular formula is C23H30N4O4S. The highest BCUT2D eigenvalue weighted by Gasteiger charge is 2.34. The number of nitrogens with zero attached hydrogens (tertiary/aromatic N) is 3. The average Bonchev–Trinajstić information content (AvgIpc) is 3.19. The Kier molecular flexibility index (Phi) is 6.66. The lowest BCUT2D eigenvalue weighted by atomic mass is 9.99. The molecule has 0 saturated carbocycles. The van der Waals surface area contributed by atoms with Crippen LogP contribution in [0.2, 0.25) is 0 Å². The van der Waals surface area contributed by atoms with Crippen molar-refractivity contribution in [2.24, 2.45) is 5.73 Å². The number of aromatic nitrogens is 1. The summed E-state index contributed by atoms with van der Waals surface area (Å²) in [5, 5.41) is 0. The van der Waals surface area contributed by atoms with E-state index in [4.69, 9.17) is 10.5 Å². The number of hydrogen-bond acceptors (Lipinski definition) is 5. The summed E-state index contributed by atoms with van der Waals surface area (Å²) in [6.45, 7) is 3.43. The summed E-state index contributed by atoms with van der Waals surface area (Å²) in [6, 6.07) is 8.93. The summed E-state index contributed by atoms with van der Waals surface area (Å²) in [5.74, 6) is 0.957. The van der Waals surface area contributed by atoms with Gasteiger partial charge in [0.25, 0.3) is 0 Å². The van der Waals surface area contributed by atoms with E-state index in [2.05, 4.69) is 4.98 Å². The molecule has 172 valence electrons. The van der Waals surface area contributed by atoms with E-state index in [0.717, 1.165) is 28.9 Å². The Morgan fingerprint density at radius 3 is 2.56 bits per heavy atom. The number of fused-ring (bicyclic) bond motifs is 1. The number of carbonyl (C=O) groups is 1. The maximum absolute atomic E-state index is 12.4. The van der Waals surface area contributed by atoms with Crippen molar-refractivity contribution in [1.82, 2.24) is 14.2 Å². The van der Waals surface area contributed by atoms with Gasteiger partial charge in [-0.2, -0.15) is 0 Å². The van der Waals surface area contributed by atoms with Gasteiger partial charge in [0, 0.05) is 25.5 Å². The smallest absolute Gasteiger partial charge is 0.315 e. The molecule has 8 nitrogen and oxygen atoms in total. The van der Waals surface area contributed by atoms with E-state index in [0.29, 0.717) is 38.9 Å². The topological polar surface area (TPSA) is 106 Å². The monoisotopic (exact) mass is 458 g/mol. The lowest BCUT2D eigenvalue weighted by Crippen LogP contribution is -2.42. The molecule has 32 heavy (non-hydrogen) atoms. The summed E-state index contributed by atoms with van der Waals surface area (Å²) < 4.78 is 32.5. The van der Waals surface area contributed by atoms with Crippen molar-refractivity contribution < 1.29 is 17.9 Å². The van der Waals surface area contributed by atoms with Gasteiger partial charge >= 0.3 is 6.03 Å². The number of amides is 2. The highest BCUT2D eigenvalue weighted by atomic mass is 32.2. The molecule has 1 unspecified atom stereocenters. The maximum Gasteiger partial charge on any atom is 0.315 e. The fraction of sp³-hybridized carbons (Fsp3) is 0.478. The number of pyridine rings is 1. The van der Waals surface area contributed by atoms with Gasteiger partial charge in [-0.05, 0) is 54.2 Å². The lowest BCUT2D eigenvalue weighted by Gasteiger charge is -2.31. The van der Waals surface area contributed by atoms with Crippen molar-refractivity contribution in [3.63, 3.8) is 0 Å². The molecule has 1 aromatic carbocycles. The van der Waals surface area contributed by atoms with Crippen LogP contribution in [-0.2, 0) is 16.6 Å². The third-order valence-electron chi connectivity index (χ3n) is 6.22. The number of unbranched alkanes of at least 4 members (excludes halogenated alkanes) is 1. The van der Waals surface area contributed by atoms with Crippen LogP contribution in [0.5, 0.6) is 5.75 Å². The second-order valence-corrected chi connectivity index (χ2v) is 10.5. The predicted octanol–water partition coefficient (Wildman–Crippen LogP) is 3.04. The Morgan fingerprint density at radius 2 is 1.91 bits per heavy atom. The van der Waals surface area contributed by atoms with Crippen LogP contribution in [0.4, 0.5) is 4.79 Å². The summed E-state index contributed by atoms with van der Waals surface area (Å²) >= 11 is 0. The SMILES string of the molecule is CCCCS(=O)(=O)N1CCC(Oc2ccc(C3c4ccncc4CN3C(N)=O)cc2)CC1. The van der Waals surface area contributed by atoms with Gasteiger partial charge in [-0.15, -0.1) is 0 Å². The molecule has 3 heterocycles. The molecular weight excluding hydrogens is 428 g/mol. The molecule has 2 amide bonds. The van der Waals surface area contributed by atoms with Crippen LogP contribution in [0.3, 0.4) is 0 Å². The quantitative estimate of drug-likeness (QED) is 0.686. The van der Waals surface area contributed by atoms with Crippen LogP contribution in [-0.4, -0.2) is 53.6 Å². The molecule has 1 aromatic heterocycles. The molecule has 2 N–H and O–H groups in total. The number of hydrogen-bond donors (Lipinski definition) is 1. The Morgan fingerprint density at radius 1 is 1.19 bits per heavy atom. The number of nitrogens with two attached hydrogens (primary N) is 1. The Hall–Kier alpha value is -2.65. The normalized spacial score (nSPS) is 19.7. The number of urea groups is 1. The van der Waals surface area contributed by atoms with E-state index in [-0.39, 0.29) is 17.9 Å². The molecule has 1 atom stereocenters. The Labute approximate surface area is 189 Å². The van der Waals surface area contributed by atoms with Crippen molar-refractivity contribution in [2.45, 2.75) is 51.3 Å². The number of sulfonamides is 1. The first-order chi connectivity index (χ1) is 15.4. The highest BCUT2D eigenvalue weighted by Crippen LogP contribution is 2.38. The first-order valence-corrected chi connectivity index (χ1v) is 12.7. The fourth-order valence-corrected chi connectivity index (χ4v) is 6.13. The molecule has 0 spiro atoms. The fourth-order valence-electron chi connectivity index (χ4n) is 4.45. The minimum Gasteiger partial charge on any atom is -0.490 e. The zero-order valence-electron chi connectivity index (χ0n) is 18.3. The zero-order valence-corrected chi connectivity index (χ0v) is 19.1. The summed E-state index contributed by atoms with van der Waals surface area (Å²) in [5.41, 5.74) is 8.61. The number of primary amides is 1. The third-order valence-corrected chi connectivity index (χ3v) is 8.18. The van der Waals surface area contributed by atoms with Gasteiger partial charge in [-0.3, -0.25) is 4.98 Å². The Bertz CT molecular complexity index is 1050. The van der Waals surface area contributed by atoms with Crippen LogP contribution in [0, 0.1) is 0 Å². The van der Waals surface area contributed by atoms with Crippen LogP contribution in [0.15, 0.2) is 42.7 Å². The van der Waals surface area contributed by atoms with Crippen LogP contribution in [0.1, 0.15) is 55.3 Å². The largest absolute Gasteiger partial charge is 0.490 e. The standard InChI is InChI=1S/C23H30N4O4S/c1-2-3-14-32(29,30)26-12-9-20(10-13-26)31-19-6-4-17(5-7-19)22-21-8-11-25-15-18(21)16-27(22)23(24)28/h4-8,11,15,20,22H,2-3,9-10,12-14,16H2,1H3,(H2,24,28). The summed E-state index contributed by atoms with van der Waals surface area (Å²) in [6.07, 6.45) is 6.39. The van der Waals surface area contributed by atoms with Gasteiger partial charge in [0.2, 0.25) is 10.0 Å². The van der Waals surface area contributed by atoms with E-state index in [1.165, 1.54) is 0 Å². The first kappa shape index (κ1) is 22.5. The Balaban J connectivity index is 1.39. The van der Waals surface area contributed by atoms with Gasteiger partial charge in [0.1, 0.15) is 11.9 Å². The molecule has 1 fully saturated rings. The van der Waals surface area contributed by atoms with Crippen molar-refractivity contribution >= 4 is 16.1 Å². The molecule has 4 rings (SSSR count). The third kappa shape index (κ3) is 4.73. The maximum atomic E-state index is 12.4. The number of rotatable bonds is 7. The molecule has 0 bridgehead atoms. The van der Waals surface area contributed by atoms with Gasteiger partial charge in [0.15, 0.2) is 0 Å². The molecule has 2 aliphatic heterocycles. The second-order valence-electron chi connectivity index (χ2n) is 8.40. The lowest BCUT2D eigenvalue weighted by molar-refractivity contribution is 0.135. The molecule has 9 heteroatoms. The van der Waals surface area contributed by atoms with Crippen molar-refractivity contribution in [2.75, 3.05) is 18.8 Å². The minimum absolute atomic E-state index is 0.0149. The van der Waals surface area contributed by atoms with Crippen LogP contribution in [0.25, 0.3) is 0 Å². The summed E-state index contributed by atoms with van der Waals surface area (Å²) in [4.78, 5) is 17.8. The van der Waals surface area contributed by atoms with Gasteiger partial charge in [-0.25, -0.2) is 17.5 Å². The van der Waals surface area contributed by atoms with Crippen molar-refractivity contribution in [1.29, 1.82) is 0 Å². The molecule has 2 aliphatic rings. The number of piperidine rings is 1. The van der Waals surface area contributed by atoms with E-state index in [1.807, 2.05) is 37.3 Å². The second kappa shape index (κ2) is 9.46. The van der Waals surface area contributed by atoms with Crippen LogP contribution < -0.4 is 10.5 Å². The van der Waals surface area contributed by atoms with Gasteiger partial charge < -0.3 is 15.4 Å². The molecule has 1 saturated heterocycles. The van der Waals surface area contributed by atoms with Crippen LogP contribution >= 0.6 is 0 Å². The van der Waals surface area contributed by atoms with E-state index in [1.54, 1.807) is 21.6 Å². The number of benzene rings is 1. The first-order valence-electron chi connectivity index (χ1n) is 11.1. The van der Waals surface area contributed by atoms with Crippen molar-refractivity contribution in [3.05, 3.63) is 59.4 Å².